The van der Waals surface area contributed by atoms with Crippen molar-refractivity contribution in [1.29, 1.82) is 0 Å². The molecular formula is C15H15NS2. The average Bonchev–Trinajstić information content (AvgIpc) is 2.42. The van der Waals surface area contributed by atoms with Gasteiger partial charge in [-0.3, -0.25) is 4.90 Å². The molecule has 0 heterocycles. The molecule has 0 aliphatic rings. The summed E-state index contributed by atoms with van der Waals surface area (Å²) in [4.78, 5) is 2.11. The van der Waals surface area contributed by atoms with Crippen LogP contribution in [0.5, 0.6) is 0 Å². The number of thiocarbonyl (C=S) groups is 1. The zero-order chi connectivity index (χ0) is 12.8. The minimum absolute atomic E-state index is 0.884. The van der Waals surface area contributed by atoms with Crippen LogP contribution >= 0.6 is 24.0 Å². The molecule has 0 aromatic heterocycles. The first-order chi connectivity index (χ1) is 8.83. The number of thioether (sulfide) groups is 1. The van der Waals surface area contributed by atoms with Gasteiger partial charge in [-0.15, -0.1) is 0 Å². The van der Waals surface area contributed by atoms with Gasteiger partial charge in [-0.2, -0.15) is 0 Å². The van der Waals surface area contributed by atoms with Gasteiger partial charge in [-0.1, -0.05) is 67.3 Å². The first-order valence-electron chi connectivity index (χ1n) is 5.90. The Kier molecular flexibility index (Phi) is 4.79. The van der Waals surface area contributed by atoms with Gasteiger partial charge in [0.05, 0.1) is 0 Å². The van der Waals surface area contributed by atoms with Gasteiger partial charge in [0, 0.05) is 11.4 Å². The van der Waals surface area contributed by atoms with Crippen molar-refractivity contribution in [2.75, 3.05) is 10.7 Å². The van der Waals surface area contributed by atoms with Crippen LogP contribution in [0.2, 0.25) is 0 Å². The fourth-order valence-electron chi connectivity index (χ4n) is 1.70. The van der Waals surface area contributed by atoms with Crippen LogP contribution in [-0.4, -0.2) is 10.1 Å². The smallest absolute Gasteiger partial charge is 0.145 e. The highest BCUT2D eigenvalue weighted by atomic mass is 32.2. The predicted octanol–water partition coefficient (Wildman–Crippen LogP) is 4.86. The molecule has 2 rings (SSSR count). The third-order valence-electron chi connectivity index (χ3n) is 2.48. The molecule has 0 aliphatic heterocycles. The van der Waals surface area contributed by atoms with Crippen LogP contribution in [0.4, 0.5) is 11.4 Å². The summed E-state index contributed by atoms with van der Waals surface area (Å²) in [6.07, 6.45) is 0. The monoisotopic (exact) mass is 273 g/mol. The van der Waals surface area contributed by atoms with Gasteiger partial charge in [-0.05, 0) is 30.0 Å². The molecule has 92 valence electrons. The molecule has 0 unspecified atom stereocenters. The van der Waals surface area contributed by atoms with Crippen LogP contribution < -0.4 is 4.90 Å². The Hall–Kier alpha value is -1.32. The molecule has 0 spiro atoms. The topological polar surface area (TPSA) is 3.24 Å². The Morgan fingerprint density at radius 3 is 1.78 bits per heavy atom. The SMILES string of the molecule is CCSC(=S)N(c1ccccc1)c1ccccc1. The number of hydrogen-bond donors (Lipinski definition) is 0. The second kappa shape index (κ2) is 6.57. The largest absolute Gasteiger partial charge is 0.296 e. The van der Waals surface area contributed by atoms with Gasteiger partial charge in [0.1, 0.15) is 4.32 Å². The summed E-state index contributed by atoms with van der Waals surface area (Å²) in [6.45, 7) is 2.12. The number of para-hydroxylation sites is 2. The quantitative estimate of drug-likeness (QED) is 0.735. The molecule has 0 bridgehead atoms. The predicted molar refractivity (Wildman–Crippen MR) is 85.8 cm³/mol. The van der Waals surface area contributed by atoms with E-state index >= 15 is 0 Å². The number of hydrogen-bond acceptors (Lipinski definition) is 2. The zero-order valence-electron chi connectivity index (χ0n) is 10.2. The summed E-state index contributed by atoms with van der Waals surface area (Å²) < 4.78 is 0.884. The molecule has 0 saturated carbocycles. The summed E-state index contributed by atoms with van der Waals surface area (Å²) in [5.74, 6) is 0.981. The molecule has 1 nitrogen and oxygen atoms in total. The summed E-state index contributed by atoms with van der Waals surface area (Å²) in [5.41, 5.74) is 2.21. The summed E-state index contributed by atoms with van der Waals surface area (Å²) in [6, 6.07) is 20.5. The number of nitrogens with zero attached hydrogens (tertiary/aromatic N) is 1. The highest BCUT2D eigenvalue weighted by Crippen LogP contribution is 2.28. The highest BCUT2D eigenvalue weighted by Gasteiger charge is 2.13. The van der Waals surface area contributed by atoms with E-state index in [2.05, 4.69) is 36.1 Å². The molecule has 2 aromatic carbocycles. The molecular weight excluding hydrogens is 258 g/mol. The lowest BCUT2D eigenvalue weighted by molar-refractivity contribution is 1.38. The third kappa shape index (κ3) is 3.12. The van der Waals surface area contributed by atoms with Crippen molar-refractivity contribution < 1.29 is 0 Å². The summed E-state index contributed by atoms with van der Waals surface area (Å²) in [7, 11) is 0. The van der Waals surface area contributed by atoms with Gasteiger partial charge in [0.15, 0.2) is 0 Å². The average molecular weight is 273 g/mol. The number of benzene rings is 2. The fraction of sp³-hybridized carbons (Fsp3) is 0.133. The Morgan fingerprint density at radius 2 is 1.39 bits per heavy atom. The molecule has 0 atom stereocenters. The zero-order valence-corrected chi connectivity index (χ0v) is 11.9. The maximum absolute atomic E-state index is 5.53. The third-order valence-corrected chi connectivity index (χ3v) is 3.73. The van der Waals surface area contributed by atoms with Crippen molar-refractivity contribution in [2.24, 2.45) is 0 Å². The van der Waals surface area contributed by atoms with Crippen molar-refractivity contribution in [1.82, 2.24) is 0 Å². The molecule has 0 amide bonds. The maximum Gasteiger partial charge on any atom is 0.145 e. The van der Waals surface area contributed by atoms with Crippen molar-refractivity contribution in [3.63, 3.8) is 0 Å². The van der Waals surface area contributed by atoms with Gasteiger partial charge >= 0.3 is 0 Å². The van der Waals surface area contributed by atoms with Crippen molar-refractivity contribution >= 4 is 39.7 Å². The number of anilines is 2. The molecule has 18 heavy (non-hydrogen) atoms. The molecule has 3 heteroatoms. The van der Waals surface area contributed by atoms with E-state index in [9.17, 15) is 0 Å². The van der Waals surface area contributed by atoms with Crippen LogP contribution in [0, 0.1) is 0 Å². The van der Waals surface area contributed by atoms with E-state index in [4.69, 9.17) is 12.2 Å². The number of rotatable bonds is 3. The Bertz CT molecular complexity index is 457. The Labute approximate surface area is 118 Å². The van der Waals surface area contributed by atoms with Gasteiger partial charge in [-0.25, -0.2) is 0 Å². The first-order valence-corrected chi connectivity index (χ1v) is 7.29. The first kappa shape index (κ1) is 13.1. The lowest BCUT2D eigenvalue weighted by Gasteiger charge is -2.24. The van der Waals surface area contributed by atoms with E-state index < -0.39 is 0 Å². The van der Waals surface area contributed by atoms with Gasteiger partial charge < -0.3 is 0 Å². The standard InChI is InChI=1S/C15H15NS2/c1-2-18-15(17)16(13-9-5-3-6-10-13)14-11-7-4-8-12-14/h3-12H,2H2,1H3. The van der Waals surface area contributed by atoms with Crippen LogP contribution in [0.25, 0.3) is 0 Å². The summed E-state index contributed by atoms with van der Waals surface area (Å²) >= 11 is 7.21. The maximum atomic E-state index is 5.53. The molecule has 0 saturated heterocycles. The van der Waals surface area contributed by atoms with E-state index in [1.807, 2.05) is 36.4 Å². The molecule has 0 fully saturated rings. The minimum Gasteiger partial charge on any atom is -0.296 e. The van der Waals surface area contributed by atoms with E-state index in [0.717, 1.165) is 21.4 Å². The van der Waals surface area contributed by atoms with E-state index in [0.29, 0.717) is 0 Å². The van der Waals surface area contributed by atoms with Crippen LogP contribution in [0.1, 0.15) is 6.92 Å². The Morgan fingerprint density at radius 1 is 0.944 bits per heavy atom. The normalized spacial score (nSPS) is 10.1. The van der Waals surface area contributed by atoms with E-state index in [1.165, 1.54) is 0 Å². The lowest BCUT2D eigenvalue weighted by atomic mass is 10.2. The highest BCUT2D eigenvalue weighted by molar-refractivity contribution is 8.23. The molecule has 0 radical (unpaired) electrons. The van der Waals surface area contributed by atoms with Crippen LogP contribution in [0.15, 0.2) is 60.7 Å². The fourth-order valence-corrected chi connectivity index (χ4v) is 2.85. The minimum atomic E-state index is 0.884. The molecule has 0 N–H and O–H groups in total. The molecule has 0 aliphatic carbocycles. The van der Waals surface area contributed by atoms with Gasteiger partial charge in [0.25, 0.3) is 0 Å². The van der Waals surface area contributed by atoms with Crippen molar-refractivity contribution in [3.8, 4) is 0 Å². The lowest BCUT2D eigenvalue weighted by Crippen LogP contribution is -2.21. The molecule has 2 aromatic rings. The second-order valence-electron chi connectivity index (χ2n) is 3.71. The van der Waals surface area contributed by atoms with Crippen molar-refractivity contribution in [2.45, 2.75) is 6.92 Å². The van der Waals surface area contributed by atoms with Crippen LogP contribution in [0.3, 0.4) is 0 Å². The van der Waals surface area contributed by atoms with E-state index in [-0.39, 0.29) is 0 Å². The van der Waals surface area contributed by atoms with E-state index in [1.54, 1.807) is 11.8 Å². The Balaban J connectivity index is 2.38. The van der Waals surface area contributed by atoms with Crippen molar-refractivity contribution in [3.05, 3.63) is 60.7 Å². The van der Waals surface area contributed by atoms with Crippen LogP contribution in [-0.2, 0) is 0 Å². The van der Waals surface area contributed by atoms with Gasteiger partial charge in [0.2, 0.25) is 0 Å². The summed E-state index contributed by atoms with van der Waals surface area (Å²) in [5, 5.41) is 0. The second-order valence-corrected chi connectivity index (χ2v) is 5.60.